The third-order valence-electron chi connectivity index (χ3n) is 3.77. The standard InChI is InChI=1S/C16H12F3N7O/c1-8(16(17,18)19)25-12-3-13(22-7-11(12)14(21)27)26-15-10(6-24-26)2-9(4-20)5-23-15/h2-3,5-8H,1H3,(H2,21,27)(H,22,25). The first-order valence-electron chi connectivity index (χ1n) is 7.58. The number of nitrogens with one attached hydrogen (secondary N) is 1. The van der Waals surface area contributed by atoms with Crippen LogP contribution in [-0.2, 0) is 0 Å². The van der Waals surface area contributed by atoms with Crippen LogP contribution < -0.4 is 11.1 Å². The van der Waals surface area contributed by atoms with Gasteiger partial charge in [-0.05, 0) is 13.0 Å². The predicted octanol–water partition coefficient (Wildman–Crippen LogP) is 2.15. The van der Waals surface area contributed by atoms with Gasteiger partial charge in [0.25, 0.3) is 5.91 Å². The number of hydrogen-bond donors (Lipinski definition) is 2. The van der Waals surface area contributed by atoms with Gasteiger partial charge in [-0.25, -0.2) is 9.97 Å². The Balaban J connectivity index is 2.08. The van der Waals surface area contributed by atoms with Crippen LogP contribution in [0.25, 0.3) is 16.9 Å². The Kier molecular flexibility index (Phi) is 4.40. The summed E-state index contributed by atoms with van der Waals surface area (Å²) in [5, 5.41) is 15.8. The number of nitrogens with zero attached hydrogens (tertiary/aromatic N) is 5. The predicted molar refractivity (Wildman–Crippen MR) is 89.0 cm³/mol. The quantitative estimate of drug-likeness (QED) is 0.720. The van der Waals surface area contributed by atoms with Crippen molar-refractivity contribution in [3.05, 3.63) is 41.9 Å². The maximum Gasteiger partial charge on any atom is 0.408 e. The van der Waals surface area contributed by atoms with E-state index < -0.39 is 18.1 Å². The van der Waals surface area contributed by atoms with E-state index in [4.69, 9.17) is 11.0 Å². The Morgan fingerprint density at radius 3 is 2.67 bits per heavy atom. The van der Waals surface area contributed by atoms with Gasteiger partial charge in [-0.3, -0.25) is 4.79 Å². The number of pyridine rings is 2. The van der Waals surface area contributed by atoms with Crippen LogP contribution in [0.15, 0.2) is 30.7 Å². The third kappa shape index (κ3) is 3.50. The third-order valence-corrected chi connectivity index (χ3v) is 3.77. The summed E-state index contributed by atoms with van der Waals surface area (Å²) < 4.78 is 39.9. The zero-order chi connectivity index (χ0) is 19.8. The maximum absolute atomic E-state index is 12.9. The number of nitrogens with two attached hydrogens (primary N) is 1. The topological polar surface area (TPSA) is 123 Å². The summed E-state index contributed by atoms with van der Waals surface area (Å²) in [5.74, 6) is -0.794. The van der Waals surface area contributed by atoms with E-state index in [1.165, 1.54) is 23.1 Å². The highest BCUT2D eigenvalue weighted by molar-refractivity contribution is 5.98. The summed E-state index contributed by atoms with van der Waals surface area (Å²) in [6.45, 7) is 0.916. The molecule has 8 nitrogen and oxygen atoms in total. The molecule has 3 rings (SSSR count). The van der Waals surface area contributed by atoms with Crippen molar-refractivity contribution < 1.29 is 18.0 Å². The Morgan fingerprint density at radius 1 is 1.30 bits per heavy atom. The number of hydrogen-bond acceptors (Lipinski definition) is 6. The smallest absolute Gasteiger partial charge is 0.373 e. The number of rotatable bonds is 4. The molecule has 0 radical (unpaired) electrons. The van der Waals surface area contributed by atoms with Gasteiger partial charge >= 0.3 is 6.18 Å². The monoisotopic (exact) mass is 375 g/mol. The molecule has 0 aromatic carbocycles. The van der Waals surface area contributed by atoms with Gasteiger partial charge < -0.3 is 11.1 Å². The maximum atomic E-state index is 12.9. The summed E-state index contributed by atoms with van der Waals surface area (Å²) in [7, 11) is 0. The van der Waals surface area contributed by atoms with Crippen molar-refractivity contribution in [1.29, 1.82) is 5.26 Å². The van der Waals surface area contributed by atoms with Gasteiger partial charge in [0, 0.05) is 23.8 Å². The van der Waals surface area contributed by atoms with Crippen LogP contribution in [0.3, 0.4) is 0 Å². The molecule has 3 aromatic rings. The number of carbonyl (C=O) groups is 1. The fourth-order valence-electron chi connectivity index (χ4n) is 2.34. The Morgan fingerprint density at radius 2 is 2.04 bits per heavy atom. The lowest BCUT2D eigenvalue weighted by Gasteiger charge is -2.20. The van der Waals surface area contributed by atoms with E-state index in [9.17, 15) is 18.0 Å². The van der Waals surface area contributed by atoms with Gasteiger partial charge in [0.05, 0.1) is 23.0 Å². The highest BCUT2D eigenvalue weighted by Gasteiger charge is 2.36. The number of amides is 1. The second-order valence-electron chi connectivity index (χ2n) is 5.66. The Labute approximate surface area is 150 Å². The molecule has 1 amide bonds. The first-order valence-corrected chi connectivity index (χ1v) is 7.58. The number of halogens is 3. The summed E-state index contributed by atoms with van der Waals surface area (Å²) >= 11 is 0. The molecular weight excluding hydrogens is 363 g/mol. The molecular formula is C16H12F3N7O. The van der Waals surface area contributed by atoms with Gasteiger partial charge in [-0.1, -0.05) is 0 Å². The van der Waals surface area contributed by atoms with E-state index in [1.54, 1.807) is 6.07 Å². The van der Waals surface area contributed by atoms with E-state index in [0.29, 0.717) is 16.6 Å². The highest BCUT2D eigenvalue weighted by atomic mass is 19.4. The summed E-state index contributed by atoms with van der Waals surface area (Å²) in [6.07, 6.45) is -0.673. The molecule has 11 heteroatoms. The van der Waals surface area contributed by atoms with Crippen molar-refractivity contribution in [1.82, 2.24) is 19.7 Å². The summed E-state index contributed by atoms with van der Waals surface area (Å²) in [4.78, 5) is 19.7. The largest absolute Gasteiger partial charge is 0.408 e. The van der Waals surface area contributed by atoms with Crippen LogP contribution >= 0.6 is 0 Å². The van der Waals surface area contributed by atoms with Gasteiger partial charge in [-0.15, -0.1) is 0 Å². The van der Waals surface area contributed by atoms with Crippen LogP contribution in [0.2, 0.25) is 0 Å². The van der Waals surface area contributed by atoms with E-state index in [1.807, 2.05) is 6.07 Å². The highest BCUT2D eigenvalue weighted by Crippen LogP contribution is 2.26. The number of fused-ring (bicyclic) bond motifs is 1. The van der Waals surface area contributed by atoms with Crippen molar-refractivity contribution >= 4 is 22.6 Å². The molecule has 0 saturated heterocycles. The average molecular weight is 375 g/mol. The van der Waals surface area contributed by atoms with E-state index >= 15 is 0 Å². The lowest BCUT2D eigenvalue weighted by Crippen LogP contribution is -2.34. The molecule has 0 spiro atoms. The lowest BCUT2D eigenvalue weighted by molar-refractivity contribution is -0.138. The number of aromatic nitrogens is 4. The van der Waals surface area contributed by atoms with Crippen molar-refractivity contribution in [2.75, 3.05) is 5.32 Å². The minimum Gasteiger partial charge on any atom is -0.373 e. The van der Waals surface area contributed by atoms with Gasteiger partial charge in [0.1, 0.15) is 12.1 Å². The molecule has 3 N–H and O–H groups in total. The normalized spacial score (nSPS) is 12.6. The first kappa shape index (κ1) is 18.1. The number of alkyl halides is 3. The van der Waals surface area contributed by atoms with Crippen LogP contribution in [0, 0.1) is 11.3 Å². The number of anilines is 1. The number of nitriles is 1. The van der Waals surface area contributed by atoms with Crippen LogP contribution in [0.5, 0.6) is 0 Å². The van der Waals surface area contributed by atoms with Crippen LogP contribution in [-0.4, -0.2) is 37.9 Å². The molecule has 3 heterocycles. The Hall–Kier alpha value is -3.68. The van der Waals surface area contributed by atoms with Crippen LogP contribution in [0.4, 0.5) is 18.9 Å². The van der Waals surface area contributed by atoms with E-state index in [2.05, 4.69) is 20.4 Å². The van der Waals surface area contributed by atoms with Gasteiger partial charge in [0.15, 0.2) is 11.5 Å². The number of primary amides is 1. The summed E-state index contributed by atoms with van der Waals surface area (Å²) in [6, 6.07) is 2.82. The van der Waals surface area contributed by atoms with Crippen molar-refractivity contribution in [2.24, 2.45) is 5.73 Å². The van der Waals surface area contributed by atoms with Crippen molar-refractivity contribution in [3.8, 4) is 11.9 Å². The molecule has 1 atom stereocenters. The SMILES string of the molecule is CC(Nc1cc(-n2ncc3cc(C#N)cnc32)ncc1C(N)=O)C(F)(F)F. The molecule has 27 heavy (non-hydrogen) atoms. The molecule has 1 unspecified atom stereocenters. The fourth-order valence-corrected chi connectivity index (χ4v) is 2.34. The zero-order valence-corrected chi connectivity index (χ0v) is 13.8. The molecule has 0 aliphatic carbocycles. The molecule has 0 fully saturated rings. The average Bonchev–Trinajstić information content (AvgIpc) is 3.03. The van der Waals surface area contributed by atoms with Gasteiger partial charge in [0.2, 0.25) is 0 Å². The zero-order valence-electron chi connectivity index (χ0n) is 13.8. The minimum atomic E-state index is -4.52. The second kappa shape index (κ2) is 6.56. The fraction of sp³-hybridized carbons (Fsp3) is 0.188. The summed E-state index contributed by atoms with van der Waals surface area (Å²) in [5.41, 5.74) is 5.59. The van der Waals surface area contributed by atoms with E-state index in [-0.39, 0.29) is 17.1 Å². The molecule has 0 saturated carbocycles. The minimum absolute atomic E-state index is 0.129. The van der Waals surface area contributed by atoms with E-state index in [0.717, 1.165) is 13.1 Å². The molecule has 0 bridgehead atoms. The first-order chi connectivity index (χ1) is 12.7. The molecule has 0 aliphatic rings. The molecule has 0 aliphatic heterocycles. The number of carbonyl (C=O) groups excluding carboxylic acids is 1. The second-order valence-corrected chi connectivity index (χ2v) is 5.66. The van der Waals surface area contributed by atoms with Crippen molar-refractivity contribution in [3.63, 3.8) is 0 Å². The lowest BCUT2D eigenvalue weighted by atomic mass is 10.2. The molecule has 138 valence electrons. The van der Waals surface area contributed by atoms with Crippen LogP contribution in [0.1, 0.15) is 22.8 Å². The molecule has 3 aromatic heterocycles. The Bertz CT molecular complexity index is 1070. The van der Waals surface area contributed by atoms with Gasteiger partial charge in [-0.2, -0.15) is 28.2 Å². The van der Waals surface area contributed by atoms with Crippen molar-refractivity contribution in [2.45, 2.75) is 19.1 Å².